The van der Waals surface area contributed by atoms with Crippen molar-refractivity contribution in [2.45, 2.75) is 25.8 Å². The molecule has 0 aliphatic carbocycles. The number of methoxy groups -OCH3 is 1. The minimum Gasteiger partial charge on any atom is -0.497 e. The normalized spacial score (nSPS) is 16.4. The zero-order chi connectivity index (χ0) is 23.9. The van der Waals surface area contributed by atoms with E-state index < -0.39 is 6.10 Å². The molecule has 10 heteroatoms. The van der Waals surface area contributed by atoms with Gasteiger partial charge in [-0.15, -0.1) is 0 Å². The predicted octanol–water partition coefficient (Wildman–Crippen LogP) is 1.88. The van der Waals surface area contributed by atoms with Crippen LogP contribution in [-0.2, 0) is 34.0 Å². The molecule has 4 rings (SSSR count). The van der Waals surface area contributed by atoms with Crippen LogP contribution >= 0.6 is 0 Å². The van der Waals surface area contributed by atoms with E-state index in [1.54, 1.807) is 30.2 Å². The summed E-state index contributed by atoms with van der Waals surface area (Å²) in [5.74, 6) is -0.104. The number of hydrogen-bond donors (Lipinski definition) is 0. The van der Waals surface area contributed by atoms with E-state index in [1.165, 1.54) is 28.3 Å². The lowest BCUT2D eigenvalue weighted by Gasteiger charge is -2.25. The molecule has 0 spiro atoms. The maximum atomic E-state index is 14.1. The van der Waals surface area contributed by atoms with E-state index in [1.807, 2.05) is 24.3 Å². The SMILES string of the molecule is COc1ccc(CN2C[C@@H](OCc3ccccc3F)CN(C(=O)Cn3cncn3)CC2=O)cc1. The lowest BCUT2D eigenvalue weighted by molar-refractivity contribution is -0.139. The van der Waals surface area contributed by atoms with Crippen molar-refractivity contribution >= 4 is 11.8 Å². The van der Waals surface area contributed by atoms with E-state index in [9.17, 15) is 14.0 Å². The Labute approximate surface area is 196 Å². The molecule has 1 saturated heterocycles. The molecule has 3 aromatic rings. The van der Waals surface area contributed by atoms with Crippen LogP contribution in [0, 0.1) is 5.82 Å². The van der Waals surface area contributed by atoms with Gasteiger partial charge in [-0.2, -0.15) is 5.10 Å². The first-order chi connectivity index (χ1) is 16.5. The molecule has 0 bridgehead atoms. The Kier molecular flexibility index (Phi) is 7.48. The summed E-state index contributed by atoms with van der Waals surface area (Å²) in [5, 5.41) is 3.96. The number of rotatable bonds is 8. The largest absolute Gasteiger partial charge is 0.497 e. The van der Waals surface area contributed by atoms with Crippen LogP contribution in [0.25, 0.3) is 0 Å². The Hall–Kier alpha value is -3.79. The lowest BCUT2D eigenvalue weighted by atomic mass is 10.2. The van der Waals surface area contributed by atoms with Crippen molar-refractivity contribution in [2.24, 2.45) is 0 Å². The summed E-state index contributed by atoms with van der Waals surface area (Å²) in [5.41, 5.74) is 1.34. The molecular formula is C24H26FN5O4. The smallest absolute Gasteiger partial charge is 0.244 e. The molecule has 9 nitrogen and oxygen atoms in total. The zero-order valence-electron chi connectivity index (χ0n) is 18.8. The van der Waals surface area contributed by atoms with Crippen LogP contribution in [0.3, 0.4) is 0 Å². The van der Waals surface area contributed by atoms with Gasteiger partial charge in [0.2, 0.25) is 11.8 Å². The first kappa shape index (κ1) is 23.4. The molecule has 2 heterocycles. The average molecular weight is 468 g/mol. The van der Waals surface area contributed by atoms with Crippen LogP contribution < -0.4 is 4.74 Å². The Morgan fingerprint density at radius 1 is 1.15 bits per heavy atom. The van der Waals surface area contributed by atoms with Gasteiger partial charge in [0.1, 0.15) is 30.8 Å². The lowest BCUT2D eigenvalue weighted by Crippen LogP contribution is -2.41. The summed E-state index contributed by atoms with van der Waals surface area (Å²) >= 11 is 0. The van der Waals surface area contributed by atoms with Crippen LogP contribution in [-0.4, -0.2) is 69.2 Å². The molecule has 0 unspecified atom stereocenters. The summed E-state index contributed by atoms with van der Waals surface area (Å²) in [6, 6.07) is 13.8. The van der Waals surface area contributed by atoms with Crippen molar-refractivity contribution in [3.05, 3.63) is 78.1 Å². The predicted molar refractivity (Wildman–Crippen MR) is 120 cm³/mol. The van der Waals surface area contributed by atoms with Crippen molar-refractivity contribution in [3.8, 4) is 5.75 Å². The number of halogens is 1. The number of hydrogen-bond acceptors (Lipinski definition) is 6. The topological polar surface area (TPSA) is 89.8 Å². The van der Waals surface area contributed by atoms with Crippen molar-refractivity contribution in [2.75, 3.05) is 26.7 Å². The summed E-state index contributed by atoms with van der Waals surface area (Å²) in [6.45, 7) is 0.745. The molecule has 0 N–H and O–H groups in total. The van der Waals surface area contributed by atoms with E-state index in [0.29, 0.717) is 12.1 Å². The molecule has 2 amide bonds. The summed E-state index contributed by atoms with van der Waals surface area (Å²) in [6.07, 6.45) is 2.29. The minimum absolute atomic E-state index is 0.0347. The van der Waals surface area contributed by atoms with E-state index in [4.69, 9.17) is 9.47 Å². The maximum Gasteiger partial charge on any atom is 0.244 e. The molecular weight excluding hydrogens is 441 g/mol. The van der Waals surface area contributed by atoms with Crippen molar-refractivity contribution in [1.29, 1.82) is 0 Å². The Morgan fingerprint density at radius 3 is 2.65 bits per heavy atom. The molecule has 1 aliphatic rings. The highest BCUT2D eigenvalue weighted by molar-refractivity contribution is 5.85. The Bertz CT molecular complexity index is 1110. The molecule has 1 fully saturated rings. The van der Waals surface area contributed by atoms with Crippen molar-refractivity contribution < 1.29 is 23.5 Å². The first-order valence-corrected chi connectivity index (χ1v) is 10.9. The Morgan fingerprint density at radius 2 is 1.94 bits per heavy atom. The number of amides is 2. The van der Waals surface area contributed by atoms with E-state index in [2.05, 4.69) is 10.1 Å². The molecule has 1 atom stereocenters. The van der Waals surface area contributed by atoms with Gasteiger partial charge in [0.05, 0.1) is 26.4 Å². The van der Waals surface area contributed by atoms with Gasteiger partial charge in [0, 0.05) is 25.2 Å². The van der Waals surface area contributed by atoms with Crippen LogP contribution in [0.4, 0.5) is 4.39 Å². The van der Waals surface area contributed by atoms with Gasteiger partial charge in [-0.05, 0) is 23.8 Å². The van der Waals surface area contributed by atoms with Gasteiger partial charge in [-0.1, -0.05) is 30.3 Å². The molecule has 0 saturated carbocycles. The van der Waals surface area contributed by atoms with Crippen LogP contribution in [0.2, 0.25) is 0 Å². The monoisotopic (exact) mass is 467 g/mol. The van der Waals surface area contributed by atoms with Gasteiger partial charge in [0.25, 0.3) is 0 Å². The summed E-state index contributed by atoms with van der Waals surface area (Å²) in [4.78, 5) is 33.0. The zero-order valence-corrected chi connectivity index (χ0v) is 18.8. The molecule has 1 aliphatic heterocycles. The number of ether oxygens (including phenoxy) is 2. The minimum atomic E-state index is -0.496. The number of aromatic nitrogens is 3. The number of carbonyl (C=O) groups excluding carboxylic acids is 2. The van der Waals surface area contributed by atoms with Crippen molar-refractivity contribution in [1.82, 2.24) is 24.6 Å². The molecule has 0 radical (unpaired) electrons. The second-order valence-electron chi connectivity index (χ2n) is 8.01. The molecule has 34 heavy (non-hydrogen) atoms. The summed E-state index contributed by atoms with van der Waals surface area (Å²) < 4.78 is 26.7. The molecule has 1 aromatic heterocycles. The van der Waals surface area contributed by atoms with Gasteiger partial charge in [0.15, 0.2) is 0 Å². The average Bonchev–Trinajstić information content (AvgIpc) is 3.30. The number of benzene rings is 2. The van der Waals surface area contributed by atoms with Crippen LogP contribution in [0.5, 0.6) is 5.75 Å². The molecule has 2 aromatic carbocycles. The van der Waals surface area contributed by atoms with E-state index in [0.717, 1.165) is 11.3 Å². The number of carbonyl (C=O) groups is 2. The number of nitrogens with zero attached hydrogens (tertiary/aromatic N) is 5. The van der Waals surface area contributed by atoms with Gasteiger partial charge >= 0.3 is 0 Å². The van der Waals surface area contributed by atoms with Crippen LogP contribution in [0.15, 0.2) is 61.2 Å². The third-order valence-corrected chi connectivity index (χ3v) is 5.61. The third kappa shape index (κ3) is 5.96. The van der Waals surface area contributed by atoms with Gasteiger partial charge < -0.3 is 19.3 Å². The fraction of sp³-hybridized carbons (Fsp3) is 0.333. The highest BCUT2D eigenvalue weighted by Gasteiger charge is 2.31. The fourth-order valence-electron chi connectivity index (χ4n) is 3.75. The second-order valence-corrected chi connectivity index (χ2v) is 8.01. The van der Waals surface area contributed by atoms with E-state index in [-0.39, 0.29) is 50.4 Å². The second kappa shape index (κ2) is 10.9. The Balaban J connectivity index is 1.50. The first-order valence-electron chi connectivity index (χ1n) is 10.9. The standard InChI is InChI=1S/C24H26FN5O4/c1-33-20-8-6-18(7-9-20)10-28-11-21(34-15-19-4-2-3-5-22(19)25)12-29(13-23(28)31)24(32)14-30-17-26-16-27-30/h2-9,16-17,21H,10-15H2,1H3/t21-/m1/s1. The maximum absolute atomic E-state index is 14.1. The highest BCUT2D eigenvalue weighted by Crippen LogP contribution is 2.17. The quantitative estimate of drug-likeness (QED) is 0.503. The fourth-order valence-corrected chi connectivity index (χ4v) is 3.75. The highest BCUT2D eigenvalue weighted by atomic mass is 19.1. The van der Waals surface area contributed by atoms with E-state index >= 15 is 0 Å². The summed E-state index contributed by atoms with van der Waals surface area (Å²) in [7, 11) is 1.59. The van der Waals surface area contributed by atoms with Crippen molar-refractivity contribution in [3.63, 3.8) is 0 Å². The van der Waals surface area contributed by atoms with Gasteiger partial charge in [-0.25, -0.2) is 14.1 Å². The molecule has 178 valence electrons. The van der Waals surface area contributed by atoms with Gasteiger partial charge in [-0.3, -0.25) is 9.59 Å². The van der Waals surface area contributed by atoms with Crippen LogP contribution in [0.1, 0.15) is 11.1 Å². The third-order valence-electron chi connectivity index (χ3n) is 5.61.